The van der Waals surface area contributed by atoms with Gasteiger partial charge in [0, 0.05) is 17.3 Å². The van der Waals surface area contributed by atoms with Crippen LogP contribution in [0.1, 0.15) is 10.5 Å². The standard InChI is InChI=1S/C15H12N4O2/c16-14-12(6-7-13(18-14)15(20)21)10-8-17-19(9-10)11-4-2-1-3-5-11/h1-9H,(H2,16,18)(H,20,21). The van der Waals surface area contributed by atoms with E-state index in [-0.39, 0.29) is 11.5 Å². The second-order valence-electron chi connectivity index (χ2n) is 4.44. The molecule has 104 valence electrons. The first kappa shape index (κ1) is 12.9. The molecule has 0 atom stereocenters. The van der Waals surface area contributed by atoms with Crippen LogP contribution in [-0.2, 0) is 0 Å². The van der Waals surface area contributed by atoms with E-state index in [1.165, 1.54) is 6.07 Å². The molecule has 0 radical (unpaired) electrons. The van der Waals surface area contributed by atoms with Crippen molar-refractivity contribution in [3.63, 3.8) is 0 Å². The van der Waals surface area contributed by atoms with Crippen LogP contribution < -0.4 is 5.73 Å². The zero-order chi connectivity index (χ0) is 14.8. The van der Waals surface area contributed by atoms with Gasteiger partial charge in [-0.2, -0.15) is 5.10 Å². The number of pyridine rings is 1. The highest BCUT2D eigenvalue weighted by molar-refractivity contribution is 5.87. The van der Waals surface area contributed by atoms with Gasteiger partial charge in [0.2, 0.25) is 0 Å². The molecule has 2 heterocycles. The first-order valence-corrected chi connectivity index (χ1v) is 6.25. The van der Waals surface area contributed by atoms with Crippen LogP contribution in [0.15, 0.2) is 54.9 Å². The van der Waals surface area contributed by atoms with Crippen molar-refractivity contribution in [1.82, 2.24) is 14.8 Å². The number of nitrogen functional groups attached to an aromatic ring is 1. The number of anilines is 1. The highest BCUT2D eigenvalue weighted by atomic mass is 16.4. The molecule has 3 aromatic rings. The lowest BCUT2D eigenvalue weighted by Gasteiger charge is -2.03. The topological polar surface area (TPSA) is 94.0 Å². The molecular formula is C15H12N4O2. The molecule has 0 bridgehead atoms. The van der Waals surface area contributed by atoms with Gasteiger partial charge in [-0.05, 0) is 24.3 Å². The van der Waals surface area contributed by atoms with Crippen LogP contribution in [0.4, 0.5) is 5.82 Å². The Bertz CT molecular complexity index is 796. The summed E-state index contributed by atoms with van der Waals surface area (Å²) in [6.07, 6.45) is 3.49. The zero-order valence-corrected chi connectivity index (χ0v) is 11.0. The third-order valence-electron chi connectivity index (χ3n) is 3.06. The third kappa shape index (κ3) is 2.46. The maximum atomic E-state index is 10.9. The van der Waals surface area contributed by atoms with Crippen LogP contribution in [-0.4, -0.2) is 25.8 Å². The molecule has 2 aromatic heterocycles. The molecule has 0 spiro atoms. The number of nitrogens with zero attached hydrogens (tertiary/aromatic N) is 3. The highest BCUT2D eigenvalue weighted by Gasteiger charge is 2.11. The number of hydrogen-bond donors (Lipinski definition) is 2. The Morgan fingerprint density at radius 1 is 1.14 bits per heavy atom. The van der Waals surface area contributed by atoms with E-state index in [0.29, 0.717) is 5.56 Å². The van der Waals surface area contributed by atoms with Crippen LogP contribution >= 0.6 is 0 Å². The Hall–Kier alpha value is -3.15. The van der Waals surface area contributed by atoms with Gasteiger partial charge in [-0.25, -0.2) is 14.5 Å². The number of hydrogen-bond acceptors (Lipinski definition) is 4. The summed E-state index contributed by atoms with van der Waals surface area (Å²) in [4.78, 5) is 14.7. The molecule has 0 amide bonds. The van der Waals surface area contributed by atoms with Crippen LogP contribution in [0.3, 0.4) is 0 Å². The van der Waals surface area contributed by atoms with E-state index in [4.69, 9.17) is 10.8 Å². The van der Waals surface area contributed by atoms with Crippen molar-refractivity contribution in [3.05, 3.63) is 60.6 Å². The Balaban J connectivity index is 1.99. The second-order valence-corrected chi connectivity index (χ2v) is 4.44. The number of aromatic carboxylic acids is 1. The molecular weight excluding hydrogens is 268 g/mol. The Morgan fingerprint density at radius 2 is 1.90 bits per heavy atom. The monoisotopic (exact) mass is 280 g/mol. The van der Waals surface area contributed by atoms with Gasteiger partial charge in [0.25, 0.3) is 0 Å². The first-order chi connectivity index (χ1) is 10.1. The summed E-state index contributed by atoms with van der Waals surface area (Å²) < 4.78 is 1.72. The number of para-hydroxylation sites is 1. The fourth-order valence-corrected chi connectivity index (χ4v) is 2.02. The van der Waals surface area contributed by atoms with Crippen molar-refractivity contribution >= 4 is 11.8 Å². The lowest BCUT2D eigenvalue weighted by molar-refractivity contribution is 0.0690. The third-order valence-corrected chi connectivity index (χ3v) is 3.06. The van der Waals surface area contributed by atoms with Crippen molar-refractivity contribution in [1.29, 1.82) is 0 Å². The summed E-state index contributed by atoms with van der Waals surface area (Å²) in [7, 11) is 0. The molecule has 6 heteroatoms. The smallest absolute Gasteiger partial charge is 0.354 e. The van der Waals surface area contributed by atoms with Gasteiger partial charge >= 0.3 is 5.97 Å². The van der Waals surface area contributed by atoms with Gasteiger partial charge in [0.1, 0.15) is 5.82 Å². The summed E-state index contributed by atoms with van der Waals surface area (Å²) in [5.74, 6) is -0.934. The predicted octanol–water partition coefficient (Wildman–Crippen LogP) is 2.21. The maximum absolute atomic E-state index is 10.9. The van der Waals surface area contributed by atoms with E-state index in [1.807, 2.05) is 36.5 Å². The molecule has 1 aromatic carbocycles. The minimum Gasteiger partial charge on any atom is -0.477 e. The average Bonchev–Trinajstić information content (AvgIpc) is 2.97. The van der Waals surface area contributed by atoms with Crippen molar-refractivity contribution in [2.45, 2.75) is 0 Å². The van der Waals surface area contributed by atoms with Crippen LogP contribution in [0, 0.1) is 0 Å². The van der Waals surface area contributed by atoms with E-state index in [1.54, 1.807) is 16.9 Å². The van der Waals surface area contributed by atoms with Gasteiger partial charge in [0.05, 0.1) is 11.9 Å². The number of carboxylic acid groups (broad SMARTS) is 1. The summed E-state index contributed by atoms with van der Waals surface area (Å²) in [6, 6.07) is 12.7. The minimum absolute atomic E-state index is 0.0771. The van der Waals surface area contributed by atoms with Crippen LogP contribution in [0.25, 0.3) is 16.8 Å². The lowest BCUT2D eigenvalue weighted by Crippen LogP contribution is -2.03. The number of nitrogens with two attached hydrogens (primary N) is 1. The summed E-state index contributed by atoms with van der Waals surface area (Å²) in [5, 5.41) is 13.2. The quantitative estimate of drug-likeness (QED) is 0.767. The average molecular weight is 280 g/mol. The van der Waals surface area contributed by atoms with E-state index >= 15 is 0 Å². The first-order valence-electron chi connectivity index (χ1n) is 6.25. The van der Waals surface area contributed by atoms with E-state index in [9.17, 15) is 4.79 Å². The summed E-state index contributed by atoms with van der Waals surface area (Å²) in [5.41, 5.74) is 8.11. The van der Waals surface area contributed by atoms with E-state index < -0.39 is 5.97 Å². The number of rotatable bonds is 3. The SMILES string of the molecule is Nc1nc(C(=O)O)ccc1-c1cnn(-c2ccccc2)c1. The van der Waals surface area contributed by atoms with Crippen LogP contribution in [0.2, 0.25) is 0 Å². The number of benzene rings is 1. The maximum Gasteiger partial charge on any atom is 0.354 e. The van der Waals surface area contributed by atoms with Gasteiger partial charge < -0.3 is 10.8 Å². The van der Waals surface area contributed by atoms with Crippen LogP contribution in [0.5, 0.6) is 0 Å². The summed E-state index contributed by atoms with van der Waals surface area (Å²) >= 11 is 0. The molecule has 3 rings (SSSR count). The molecule has 0 aliphatic carbocycles. The normalized spacial score (nSPS) is 10.5. The molecule has 0 fully saturated rings. The van der Waals surface area contributed by atoms with Gasteiger partial charge in [-0.1, -0.05) is 18.2 Å². The Labute approximate surface area is 120 Å². The van der Waals surface area contributed by atoms with Crippen molar-refractivity contribution < 1.29 is 9.90 Å². The highest BCUT2D eigenvalue weighted by Crippen LogP contribution is 2.25. The van der Waals surface area contributed by atoms with E-state index in [2.05, 4.69) is 10.1 Å². The summed E-state index contributed by atoms with van der Waals surface area (Å²) in [6.45, 7) is 0. The molecule has 0 aliphatic rings. The van der Waals surface area contributed by atoms with Crippen molar-refractivity contribution in [3.8, 4) is 16.8 Å². The van der Waals surface area contributed by atoms with Gasteiger partial charge in [-0.3, -0.25) is 0 Å². The van der Waals surface area contributed by atoms with Crippen molar-refractivity contribution in [2.75, 3.05) is 5.73 Å². The van der Waals surface area contributed by atoms with Gasteiger partial charge in [0.15, 0.2) is 5.69 Å². The predicted molar refractivity (Wildman–Crippen MR) is 78.2 cm³/mol. The second kappa shape index (κ2) is 5.09. The largest absolute Gasteiger partial charge is 0.477 e. The molecule has 0 aliphatic heterocycles. The minimum atomic E-state index is -1.10. The number of carboxylic acids is 1. The molecule has 21 heavy (non-hydrogen) atoms. The molecule has 0 saturated carbocycles. The zero-order valence-electron chi connectivity index (χ0n) is 11.0. The fourth-order valence-electron chi connectivity index (χ4n) is 2.02. The van der Waals surface area contributed by atoms with E-state index in [0.717, 1.165) is 11.3 Å². The number of carbonyl (C=O) groups is 1. The molecule has 0 saturated heterocycles. The molecule has 6 nitrogen and oxygen atoms in total. The fraction of sp³-hybridized carbons (Fsp3) is 0. The molecule has 3 N–H and O–H groups in total. The molecule has 0 unspecified atom stereocenters. The van der Waals surface area contributed by atoms with Gasteiger partial charge in [-0.15, -0.1) is 0 Å². The Morgan fingerprint density at radius 3 is 2.57 bits per heavy atom. The number of aromatic nitrogens is 3. The Kier molecular flexibility index (Phi) is 3.12. The van der Waals surface area contributed by atoms with Crippen molar-refractivity contribution in [2.24, 2.45) is 0 Å². The lowest BCUT2D eigenvalue weighted by atomic mass is 10.1.